The maximum absolute atomic E-state index is 13.8. The summed E-state index contributed by atoms with van der Waals surface area (Å²) in [6, 6.07) is 16.3. The number of pyridine rings is 1. The first-order chi connectivity index (χ1) is 16.9. The van der Waals surface area contributed by atoms with Gasteiger partial charge >= 0.3 is 0 Å². The van der Waals surface area contributed by atoms with E-state index in [0.717, 1.165) is 5.56 Å². The zero-order valence-corrected chi connectivity index (χ0v) is 20.4. The summed E-state index contributed by atoms with van der Waals surface area (Å²) >= 11 is 1.24. The Hall–Kier alpha value is -3.21. The topological polar surface area (TPSA) is 83.5 Å². The van der Waals surface area contributed by atoms with Crippen LogP contribution in [0.1, 0.15) is 18.4 Å². The average Bonchev–Trinajstić information content (AvgIpc) is 3.31. The molecule has 3 heterocycles. The number of carbonyl (C=O) groups is 1. The van der Waals surface area contributed by atoms with Crippen molar-refractivity contribution < 1.29 is 17.6 Å². The van der Waals surface area contributed by atoms with Gasteiger partial charge in [0.25, 0.3) is 0 Å². The fourth-order valence-corrected chi connectivity index (χ4v) is 6.78. The van der Waals surface area contributed by atoms with E-state index in [0.29, 0.717) is 34.7 Å². The monoisotopic (exact) mass is 510 g/mol. The smallest absolute Gasteiger partial charge is 0.243 e. The van der Waals surface area contributed by atoms with Gasteiger partial charge in [-0.2, -0.15) is 4.31 Å². The molecule has 0 radical (unpaired) electrons. The summed E-state index contributed by atoms with van der Waals surface area (Å²) in [6.07, 6.45) is 4.49. The second-order valence-corrected chi connectivity index (χ2v) is 11.4. The van der Waals surface area contributed by atoms with E-state index in [9.17, 15) is 17.6 Å². The molecule has 0 aliphatic carbocycles. The van der Waals surface area contributed by atoms with Gasteiger partial charge in [0.1, 0.15) is 5.82 Å². The molecule has 1 unspecified atom stereocenters. The molecule has 0 bridgehead atoms. The quantitative estimate of drug-likeness (QED) is 0.382. The molecule has 5 rings (SSSR count). The van der Waals surface area contributed by atoms with Crippen LogP contribution in [-0.4, -0.2) is 41.7 Å². The third-order valence-electron chi connectivity index (χ3n) is 6.01. The summed E-state index contributed by atoms with van der Waals surface area (Å²) in [5.74, 6) is -1.10. The van der Waals surface area contributed by atoms with Crippen molar-refractivity contribution in [3.63, 3.8) is 0 Å². The van der Waals surface area contributed by atoms with Crippen LogP contribution in [0, 0.1) is 11.7 Å². The number of hydrogen-bond donors (Lipinski definition) is 0. The Balaban J connectivity index is 1.45. The molecule has 0 spiro atoms. The molecule has 7 nitrogen and oxygen atoms in total. The minimum atomic E-state index is -3.71. The molecular weight excluding hydrogens is 487 g/mol. The number of halogens is 1. The van der Waals surface area contributed by atoms with Gasteiger partial charge in [0.05, 0.1) is 27.6 Å². The molecule has 2 aromatic carbocycles. The third-order valence-corrected chi connectivity index (χ3v) is 8.93. The highest BCUT2D eigenvalue weighted by Crippen LogP contribution is 2.33. The maximum Gasteiger partial charge on any atom is 0.243 e. The number of sulfonamides is 1. The minimum Gasteiger partial charge on any atom is -0.283 e. The fraction of sp³-hybridized carbons (Fsp3) is 0.240. The van der Waals surface area contributed by atoms with Crippen molar-refractivity contribution in [2.45, 2.75) is 24.3 Å². The van der Waals surface area contributed by atoms with Crippen molar-refractivity contribution in [1.29, 1.82) is 0 Å². The summed E-state index contributed by atoms with van der Waals surface area (Å²) in [7, 11) is -3.71. The number of nitrogens with zero attached hydrogens (tertiary/aromatic N) is 4. The van der Waals surface area contributed by atoms with Gasteiger partial charge in [-0.15, -0.1) is 0 Å². The van der Waals surface area contributed by atoms with Gasteiger partial charge in [0.15, 0.2) is 5.13 Å². The highest BCUT2D eigenvalue weighted by Gasteiger charge is 2.36. The molecule has 1 atom stereocenters. The summed E-state index contributed by atoms with van der Waals surface area (Å²) in [4.78, 5) is 24.4. The Labute approximate surface area is 206 Å². The van der Waals surface area contributed by atoms with E-state index in [-0.39, 0.29) is 29.7 Å². The molecule has 1 fully saturated rings. The molecule has 1 aliphatic heterocycles. The predicted octanol–water partition coefficient (Wildman–Crippen LogP) is 4.46. The Morgan fingerprint density at radius 1 is 1.14 bits per heavy atom. The number of hydrogen-bond acceptors (Lipinski definition) is 6. The van der Waals surface area contributed by atoms with Gasteiger partial charge in [-0.05, 0) is 54.8 Å². The zero-order chi connectivity index (χ0) is 24.4. The second kappa shape index (κ2) is 9.80. The summed E-state index contributed by atoms with van der Waals surface area (Å²) < 4.78 is 42.2. The maximum atomic E-state index is 13.8. The zero-order valence-electron chi connectivity index (χ0n) is 18.7. The van der Waals surface area contributed by atoms with Crippen LogP contribution in [0.5, 0.6) is 0 Å². The Morgan fingerprint density at radius 2 is 1.97 bits per heavy atom. The molecule has 10 heteroatoms. The van der Waals surface area contributed by atoms with Gasteiger partial charge < -0.3 is 0 Å². The largest absolute Gasteiger partial charge is 0.283 e. The number of piperidine rings is 1. The molecule has 180 valence electrons. The van der Waals surface area contributed by atoms with Gasteiger partial charge in [0.2, 0.25) is 15.9 Å². The van der Waals surface area contributed by atoms with Crippen LogP contribution in [0.25, 0.3) is 10.2 Å². The standard InChI is InChI=1S/C25H23FN4O3S2/c26-20-10-11-22-23(14-20)34-25(28-22)30(16-18-6-4-12-27-15-18)24(31)19-7-5-13-29(17-19)35(32,33)21-8-2-1-3-9-21/h1-4,6,8-12,14-15,19H,5,7,13,16-17H2. The molecular formula is C25H23FN4O3S2. The van der Waals surface area contributed by atoms with E-state index in [4.69, 9.17) is 0 Å². The number of amides is 1. The average molecular weight is 511 g/mol. The lowest BCUT2D eigenvalue weighted by molar-refractivity contribution is -0.123. The highest BCUT2D eigenvalue weighted by molar-refractivity contribution is 7.89. The lowest BCUT2D eigenvalue weighted by Gasteiger charge is -2.33. The molecule has 4 aromatic rings. The van der Waals surface area contributed by atoms with Crippen LogP contribution in [-0.2, 0) is 21.4 Å². The summed E-state index contributed by atoms with van der Waals surface area (Å²) in [5.41, 5.74) is 1.42. The molecule has 1 amide bonds. The van der Waals surface area contributed by atoms with E-state index in [2.05, 4.69) is 9.97 Å². The van der Waals surface area contributed by atoms with E-state index < -0.39 is 15.9 Å². The summed E-state index contributed by atoms with van der Waals surface area (Å²) in [5, 5.41) is 0.447. The van der Waals surface area contributed by atoms with E-state index in [1.807, 2.05) is 6.07 Å². The van der Waals surface area contributed by atoms with Crippen molar-refractivity contribution in [1.82, 2.24) is 14.3 Å². The Kier molecular flexibility index (Phi) is 6.59. The number of anilines is 1. The van der Waals surface area contributed by atoms with Gasteiger partial charge in [-0.25, -0.2) is 17.8 Å². The number of fused-ring (bicyclic) bond motifs is 1. The first kappa shape index (κ1) is 23.5. The number of rotatable bonds is 6. The van der Waals surface area contributed by atoms with Crippen molar-refractivity contribution in [3.8, 4) is 0 Å². The molecule has 2 aromatic heterocycles. The highest BCUT2D eigenvalue weighted by atomic mass is 32.2. The lowest BCUT2D eigenvalue weighted by atomic mass is 9.98. The van der Waals surface area contributed by atoms with Crippen LogP contribution < -0.4 is 4.90 Å². The van der Waals surface area contributed by atoms with Crippen molar-refractivity contribution in [3.05, 3.63) is 84.4 Å². The fourth-order valence-electron chi connectivity index (χ4n) is 4.24. The van der Waals surface area contributed by atoms with Gasteiger partial charge in [0, 0.05) is 25.5 Å². The van der Waals surface area contributed by atoms with E-state index >= 15 is 0 Å². The number of aromatic nitrogens is 2. The second-order valence-electron chi connectivity index (χ2n) is 8.41. The molecule has 1 aliphatic rings. The third kappa shape index (κ3) is 4.95. The van der Waals surface area contributed by atoms with Crippen LogP contribution in [0.2, 0.25) is 0 Å². The van der Waals surface area contributed by atoms with Crippen molar-refractivity contribution in [2.24, 2.45) is 5.92 Å². The molecule has 0 saturated carbocycles. The van der Waals surface area contributed by atoms with Crippen LogP contribution in [0.15, 0.2) is 78.0 Å². The van der Waals surface area contributed by atoms with Gasteiger partial charge in [-0.1, -0.05) is 35.6 Å². The minimum absolute atomic E-state index is 0.0964. The van der Waals surface area contributed by atoms with Crippen LogP contribution >= 0.6 is 11.3 Å². The SMILES string of the molecule is O=C(C1CCCN(S(=O)(=O)c2ccccc2)C1)N(Cc1cccnc1)c1nc2ccc(F)cc2s1. The van der Waals surface area contributed by atoms with Crippen molar-refractivity contribution in [2.75, 3.05) is 18.0 Å². The lowest BCUT2D eigenvalue weighted by Crippen LogP contribution is -2.46. The number of thiazole rings is 1. The number of benzene rings is 2. The molecule has 0 N–H and O–H groups in total. The molecule has 35 heavy (non-hydrogen) atoms. The normalized spacial score (nSPS) is 16.9. The van der Waals surface area contributed by atoms with Crippen molar-refractivity contribution >= 4 is 42.6 Å². The first-order valence-electron chi connectivity index (χ1n) is 11.2. The van der Waals surface area contributed by atoms with E-state index in [1.54, 1.807) is 59.8 Å². The van der Waals surface area contributed by atoms with Crippen LogP contribution in [0.4, 0.5) is 9.52 Å². The Morgan fingerprint density at radius 3 is 2.74 bits per heavy atom. The predicted molar refractivity (Wildman–Crippen MR) is 133 cm³/mol. The molecule has 1 saturated heterocycles. The first-order valence-corrected chi connectivity index (χ1v) is 13.5. The number of carbonyl (C=O) groups excluding carboxylic acids is 1. The van der Waals surface area contributed by atoms with E-state index in [1.165, 1.54) is 27.8 Å². The van der Waals surface area contributed by atoms with Crippen LogP contribution in [0.3, 0.4) is 0 Å². The summed E-state index contributed by atoms with van der Waals surface area (Å²) in [6.45, 7) is 0.695. The van der Waals surface area contributed by atoms with Gasteiger partial charge in [-0.3, -0.25) is 14.7 Å². The Bertz CT molecular complexity index is 1450.